The second-order valence-corrected chi connectivity index (χ2v) is 17.7. The number of aromatic nitrogens is 2. The number of benzene rings is 11. The molecule has 0 amide bonds. The van der Waals surface area contributed by atoms with E-state index in [1.165, 1.54) is 54.6 Å². The average molecular weight is 868 g/mol. The van der Waals surface area contributed by atoms with Crippen molar-refractivity contribution in [2.45, 2.75) is 0 Å². The molecule has 0 atom stereocenters. The van der Waals surface area contributed by atoms with Crippen LogP contribution in [0.25, 0.3) is 110 Å². The first-order valence-corrected chi connectivity index (χ1v) is 23.2. The van der Waals surface area contributed by atoms with E-state index >= 15 is 0 Å². The molecule has 14 aromatic rings. The van der Waals surface area contributed by atoms with Crippen LogP contribution in [0.5, 0.6) is 0 Å². The maximum atomic E-state index is 6.18. The molecule has 0 N–H and O–H groups in total. The van der Waals surface area contributed by atoms with Gasteiger partial charge in [0, 0.05) is 60.2 Å². The molecule has 0 saturated heterocycles. The number of hydrogen-bond acceptors (Lipinski definition) is 2. The molecule has 0 aliphatic rings. The lowest BCUT2D eigenvalue weighted by atomic mass is 10.0. The second kappa shape index (κ2) is 15.2. The third kappa shape index (κ3) is 5.94. The summed E-state index contributed by atoms with van der Waals surface area (Å²) in [5, 5.41) is 9.59. The Kier molecular flexibility index (Phi) is 8.55. The van der Waals surface area contributed by atoms with Gasteiger partial charge in [0.15, 0.2) is 0 Å². The fourth-order valence-electron chi connectivity index (χ4n) is 10.8. The summed E-state index contributed by atoms with van der Waals surface area (Å²) in [6.07, 6.45) is 0. The Bertz CT molecular complexity index is 4200. The minimum Gasteiger partial charge on any atom is -0.456 e. The van der Waals surface area contributed by atoms with Crippen LogP contribution in [0.4, 0.5) is 17.1 Å². The highest BCUT2D eigenvalue weighted by Gasteiger charge is 2.21. The predicted molar refractivity (Wildman–Crippen MR) is 285 cm³/mol. The van der Waals surface area contributed by atoms with Gasteiger partial charge < -0.3 is 18.5 Å². The van der Waals surface area contributed by atoms with E-state index in [4.69, 9.17) is 4.42 Å². The first kappa shape index (κ1) is 38.2. The highest BCUT2D eigenvalue weighted by molar-refractivity contribution is 6.13. The zero-order valence-electron chi connectivity index (χ0n) is 36.9. The molecule has 3 aromatic heterocycles. The lowest BCUT2D eigenvalue weighted by Gasteiger charge is -2.28. The molecule has 4 nitrogen and oxygen atoms in total. The lowest BCUT2D eigenvalue weighted by molar-refractivity contribution is 0.669. The van der Waals surface area contributed by atoms with Crippen molar-refractivity contribution in [1.82, 2.24) is 9.13 Å². The van der Waals surface area contributed by atoms with Gasteiger partial charge in [-0.15, -0.1) is 0 Å². The highest BCUT2D eigenvalue weighted by Crippen LogP contribution is 2.44. The Morgan fingerprint density at radius 3 is 1.40 bits per heavy atom. The van der Waals surface area contributed by atoms with Gasteiger partial charge in [-0.05, 0) is 113 Å². The molecule has 14 rings (SSSR count). The van der Waals surface area contributed by atoms with Crippen LogP contribution >= 0.6 is 0 Å². The molecule has 0 unspecified atom stereocenters. The van der Waals surface area contributed by atoms with Crippen LogP contribution in [0.3, 0.4) is 0 Å². The number of hydrogen-bond donors (Lipinski definition) is 0. The van der Waals surface area contributed by atoms with Gasteiger partial charge in [-0.2, -0.15) is 0 Å². The summed E-state index contributed by atoms with van der Waals surface area (Å²) < 4.78 is 11.0. The van der Waals surface area contributed by atoms with Crippen molar-refractivity contribution in [3.63, 3.8) is 0 Å². The van der Waals surface area contributed by atoms with E-state index in [0.717, 1.165) is 72.5 Å². The molecule has 318 valence electrons. The standard InChI is InChI=1S/C64H41N3O/c1-2-14-46(15-3-1)66-57-22-10-6-20-53(57)54-36-30-45(41-62(54)66)43-28-34-48(35-29-43)65(47-32-26-42(27-33-47)44-31-39-64-56(40-44)55-21-9-13-25-63(55)68-64)60-37-38-61(52-17-5-4-16-51(52)60)67-58-23-11-7-18-49(58)50-19-8-12-24-59(50)67/h1-41H. The van der Waals surface area contributed by atoms with E-state index in [0.29, 0.717) is 0 Å². The van der Waals surface area contributed by atoms with Crippen LogP contribution in [0.2, 0.25) is 0 Å². The molecular weight excluding hydrogens is 827 g/mol. The topological polar surface area (TPSA) is 26.2 Å². The molecule has 0 aliphatic carbocycles. The van der Waals surface area contributed by atoms with E-state index in [1.807, 2.05) is 12.1 Å². The first-order chi connectivity index (χ1) is 33.7. The number of fused-ring (bicyclic) bond motifs is 10. The number of para-hydroxylation sites is 5. The molecule has 0 bridgehead atoms. The van der Waals surface area contributed by atoms with E-state index < -0.39 is 0 Å². The summed E-state index contributed by atoms with van der Waals surface area (Å²) in [4.78, 5) is 2.41. The van der Waals surface area contributed by atoms with E-state index in [2.05, 4.69) is 251 Å². The predicted octanol–water partition coefficient (Wildman–Crippen LogP) is 17.7. The summed E-state index contributed by atoms with van der Waals surface area (Å²) in [6, 6.07) is 90.1. The van der Waals surface area contributed by atoms with Gasteiger partial charge >= 0.3 is 0 Å². The molecule has 0 aliphatic heterocycles. The van der Waals surface area contributed by atoms with Crippen molar-refractivity contribution >= 4 is 93.4 Å². The fraction of sp³-hybridized carbons (Fsp3) is 0. The van der Waals surface area contributed by atoms with Gasteiger partial charge in [-0.1, -0.05) is 158 Å². The van der Waals surface area contributed by atoms with Gasteiger partial charge in [-0.25, -0.2) is 0 Å². The normalized spacial score (nSPS) is 11.8. The van der Waals surface area contributed by atoms with Crippen LogP contribution in [-0.2, 0) is 0 Å². The molecule has 68 heavy (non-hydrogen) atoms. The number of nitrogens with zero attached hydrogens (tertiary/aromatic N) is 3. The Morgan fingerprint density at radius 1 is 0.279 bits per heavy atom. The Hall–Kier alpha value is -9.12. The third-order valence-electron chi connectivity index (χ3n) is 13.9. The molecule has 4 heteroatoms. The molecule has 0 spiro atoms. The number of anilines is 3. The van der Waals surface area contributed by atoms with Crippen molar-refractivity contribution in [3.05, 3.63) is 249 Å². The van der Waals surface area contributed by atoms with Crippen molar-refractivity contribution < 1.29 is 4.42 Å². The average Bonchev–Trinajstić information content (AvgIpc) is 4.07. The Balaban J connectivity index is 0.919. The molecule has 3 heterocycles. The van der Waals surface area contributed by atoms with Crippen LogP contribution in [0, 0.1) is 0 Å². The second-order valence-electron chi connectivity index (χ2n) is 17.7. The highest BCUT2D eigenvalue weighted by atomic mass is 16.3. The van der Waals surface area contributed by atoms with E-state index in [1.54, 1.807) is 0 Å². The van der Waals surface area contributed by atoms with E-state index in [-0.39, 0.29) is 0 Å². The molecule has 0 radical (unpaired) electrons. The molecular formula is C64H41N3O. The summed E-state index contributed by atoms with van der Waals surface area (Å²) in [5.41, 5.74) is 16.8. The molecule has 11 aromatic carbocycles. The minimum absolute atomic E-state index is 0.899. The zero-order chi connectivity index (χ0) is 44.7. The third-order valence-corrected chi connectivity index (χ3v) is 13.9. The Labute approximate surface area is 392 Å². The number of furan rings is 1. The van der Waals surface area contributed by atoms with Gasteiger partial charge in [0.05, 0.1) is 33.4 Å². The summed E-state index contributed by atoms with van der Waals surface area (Å²) in [7, 11) is 0. The summed E-state index contributed by atoms with van der Waals surface area (Å²) >= 11 is 0. The minimum atomic E-state index is 0.899. The van der Waals surface area contributed by atoms with Crippen LogP contribution in [-0.4, -0.2) is 9.13 Å². The van der Waals surface area contributed by atoms with Crippen LogP contribution in [0.15, 0.2) is 253 Å². The molecule has 0 saturated carbocycles. The maximum Gasteiger partial charge on any atom is 0.135 e. The van der Waals surface area contributed by atoms with E-state index in [9.17, 15) is 0 Å². The largest absolute Gasteiger partial charge is 0.456 e. The summed E-state index contributed by atoms with van der Waals surface area (Å²) in [6.45, 7) is 0. The molecule has 0 fully saturated rings. The monoisotopic (exact) mass is 867 g/mol. The smallest absolute Gasteiger partial charge is 0.135 e. The SMILES string of the molecule is c1ccc(-n2c3ccccc3c3ccc(-c4ccc(N(c5ccc(-c6ccc7oc8ccccc8c7c6)cc5)c5ccc(-n6c7ccccc7c7ccccc76)c6ccccc56)cc4)cc32)cc1. The quantitative estimate of drug-likeness (QED) is 0.160. The van der Waals surface area contributed by atoms with Gasteiger partial charge in [0.25, 0.3) is 0 Å². The maximum absolute atomic E-state index is 6.18. The van der Waals surface area contributed by atoms with Crippen molar-refractivity contribution in [2.75, 3.05) is 4.90 Å². The van der Waals surface area contributed by atoms with Gasteiger partial charge in [-0.3, -0.25) is 0 Å². The summed E-state index contributed by atoms with van der Waals surface area (Å²) in [5.74, 6) is 0. The zero-order valence-corrected chi connectivity index (χ0v) is 36.9. The lowest BCUT2D eigenvalue weighted by Crippen LogP contribution is -2.11. The Morgan fingerprint density at radius 2 is 0.750 bits per heavy atom. The first-order valence-electron chi connectivity index (χ1n) is 23.2. The van der Waals surface area contributed by atoms with Gasteiger partial charge in [0.1, 0.15) is 11.2 Å². The van der Waals surface area contributed by atoms with Gasteiger partial charge in [0.2, 0.25) is 0 Å². The fourth-order valence-corrected chi connectivity index (χ4v) is 10.8. The number of rotatable bonds is 7. The van der Waals surface area contributed by atoms with Crippen molar-refractivity contribution in [2.24, 2.45) is 0 Å². The van der Waals surface area contributed by atoms with Crippen molar-refractivity contribution in [3.8, 4) is 33.6 Å². The van der Waals surface area contributed by atoms with Crippen LogP contribution < -0.4 is 4.90 Å². The van der Waals surface area contributed by atoms with Crippen LogP contribution in [0.1, 0.15) is 0 Å². The van der Waals surface area contributed by atoms with Crippen molar-refractivity contribution in [1.29, 1.82) is 0 Å².